The number of nitrogens with zero attached hydrogens (tertiary/aromatic N) is 6. The van der Waals surface area contributed by atoms with Gasteiger partial charge < -0.3 is 4.40 Å². The van der Waals surface area contributed by atoms with Crippen LogP contribution in [0.5, 0.6) is 0 Å². The third-order valence-corrected chi connectivity index (χ3v) is 6.55. The number of ketones is 1. The normalized spacial score (nSPS) is 15.2. The van der Waals surface area contributed by atoms with Gasteiger partial charge in [-0.3, -0.25) is 9.79 Å². The van der Waals surface area contributed by atoms with Gasteiger partial charge in [-0.05, 0) is 48.4 Å². The van der Waals surface area contributed by atoms with Gasteiger partial charge in [-0.2, -0.15) is 0 Å². The van der Waals surface area contributed by atoms with Crippen LogP contribution in [0.1, 0.15) is 52.5 Å². The van der Waals surface area contributed by atoms with E-state index in [2.05, 4.69) is 33.5 Å². The van der Waals surface area contributed by atoms with Crippen molar-refractivity contribution in [3.63, 3.8) is 0 Å². The number of pyridine rings is 1. The molecular weight excluding hydrogens is 443 g/mol. The summed E-state index contributed by atoms with van der Waals surface area (Å²) in [5.74, 6) is -0.00437. The highest BCUT2D eigenvalue weighted by Gasteiger charge is 2.25. The molecule has 33 heavy (non-hydrogen) atoms. The summed E-state index contributed by atoms with van der Waals surface area (Å²) >= 11 is 5.89. The summed E-state index contributed by atoms with van der Waals surface area (Å²) in [7, 11) is 0. The van der Waals surface area contributed by atoms with Gasteiger partial charge in [0.25, 0.3) is 0 Å². The van der Waals surface area contributed by atoms with E-state index in [4.69, 9.17) is 16.6 Å². The minimum atomic E-state index is -0.535. The standard InChI is InChI=1S/C24H20ClFN6O/c25-18-7-8-31-13-27-19(24(31)23(18)26)5-6-22(33)21-12-32(30-29-21)11-17-9-16-4-3-15(14-1-2-14)10-20(16)28-17/h3-4,7-8,10,12-14H,1-2,5-6,9,11H2. The molecule has 0 amide bonds. The lowest BCUT2D eigenvalue weighted by Gasteiger charge is -2.01. The number of carbonyl (C=O) groups is 1. The number of benzene rings is 1. The van der Waals surface area contributed by atoms with Crippen molar-refractivity contribution in [3.05, 3.63) is 76.3 Å². The number of imidazole rings is 1. The summed E-state index contributed by atoms with van der Waals surface area (Å²) in [5, 5.41) is 8.17. The van der Waals surface area contributed by atoms with Gasteiger partial charge in [-0.15, -0.1) is 5.10 Å². The Morgan fingerprint density at radius 1 is 1.24 bits per heavy atom. The van der Waals surface area contributed by atoms with Gasteiger partial charge in [0.05, 0.1) is 35.5 Å². The Kier molecular flexibility index (Phi) is 4.83. The maximum Gasteiger partial charge on any atom is 0.185 e. The van der Waals surface area contributed by atoms with E-state index in [1.54, 1.807) is 21.5 Å². The molecule has 3 aromatic heterocycles. The number of aromatic nitrogens is 5. The number of fused-ring (bicyclic) bond motifs is 2. The van der Waals surface area contributed by atoms with Crippen molar-refractivity contribution in [2.45, 2.75) is 44.6 Å². The summed E-state index contributed by atoms with van der Waals surface area (Å²) in [6.07, 6.45) is 8.55. The highest BCUT2D eigenvalue weighted by molar-refractivity contribution is 6.31. The van der Waals surface area contributed by atoms with Gasteiger partial charge in [-0.25, -0.2) is 14.1 Å². The lowest BCUT2D eigenvalue weighted by atomic mass is 10.0. The summed E-state index contributed by atoms with van der Waals surface area (Å²) in [5.41, 5.74) is 5.71. The van der Waals surface area contributed by atoms with Gasteiger partial charge >= 0.3 is 0 Å². The van der Waals surface area contributed by atoms with Crippen LogP contribution in [0, 0.1) is 5.82 Å². The number of halogens is 2. The SMILES string of the molecule is O=C(CCc1ncn2ccc(Cl)c(F)c12)c1cn(CC2=Nc3cc(C4CC4)ccc3C2)nn1. The Bertz CT molecular complexity index is 1430. The van der Waals surface area contributed by atoms with Gasteiger partial charge in [0.2, 0.25) is 0 Å². The van der Waals surface area contributed by atoms with Gasteiger partial charge in [0.1, 0.15) is 11.2 Å². The molecule has 1 aliphatic carbocycles. The predicted molar refractivity (Wildman–Crippen MR) is 122 cm³/mol. The zero-order chi connectivity index (χ0) is 22.5. The first kappa shape index (κ1) is 20.2. The number of Topliss-reactive ketones (excluding diaryl/α,β-unsaturated/α-hetero) is 1. The second kappa shape index (κ2) is 7.88. The number of hydrogen-bond acceptors (Lipinski definition) is 5. The van der Waals surface area contributed by atoms with Crippen molar-refractivity contribution in [2.24, 2.45) is 4.99 Å². The van der Waals surface area contributed by atoms with E-state index < -0.39 is 5.82 Å². The van der Waals surface area contributed by atoms with E-state index in [1.165, 1.54) is 36.4 Å². The van der Waals surface area contributed by atoms with Crippen LogP contribution in [0.4, 0.5) is 10.1 Å². The largest absolute Gasteiger partial charge is 0.303 e. The second-order valence-electron chi connectivity index (χ2n) is 8.67. The number of rotatable bonds is 7. The quantitative estimate of drug-likeness (QED) is 0.372. The molecule has 1 aromatic carbocycles. The van der Waals surface area contributed by atoms with E-state index >= 15 is 0 Å². The molecule has 0 unspecified atom stereocenters. The van der Waals surface area contributed by atoms with E-state index in [0.717, 1.165) is 17.8 Å². The molecule has 0 atom stereocenters. The third-order valence-electron chi connectivity index (χ3n) is 6.26. The number of hydrogen-bond donors (Lipinski definition) is 0. The molecule has 7 nitrogen and oxygen atoms in total. The average Bonchev–Trinajstić information content (AvgIpc) is 3.23. The van der Waals surface area contributed by atoms with Crippen LogP contribution in [0.15, 0.2) is 48.0 Å². The first-order valence-electron chi connectivity index (χ1n) is 11.0. The molecule has 2 aliphatic rings. The first-order chi connectivity index (χ1) is 16.0. The Morgan fingerprint density at radius 2 is 2.12 bits per heavy atom. The summed E-state index contributed by atoms with van der Waals surface area (Å²) in [6, 6.07) is 8.06. The van der Waals surface area contributed by atoms with Crippen molar-refractivity contribution < 1.29 is 9.18 Å². The second-order valence-corrected chi connectivity index (χ2v) is 9.07. The zero-order valence-electron chi connectivity index (χ0n) is 17.7. The third kappa shape index (κ3) is 3.84. The molecule has 0 bridgehead atoms. The molecule has 0 radical (unpaired) electrons. The van der Waals surface area contributed by atoms with Gasteiger partial charge in [-0.1, -0.05) is 28.9 Å². The monoisotopic (exact) mass is 462 g/mol. The van der Waals surface area contributed by atoms with Crippen molar-refractivity contribution in [1.29, 1.82) is 0 Å². The van der Waals surface area contributed by atoms with Crippen LogP contribution in [-0.4, -0.2) is 35.9 Å². The lowest BCUT2D eigenvalue weighted by Crippen LogP contribution is -2.10. The minimum absolute atomic E-state index is 0.0271. The molecule has 0 N–H and O–H groups in total. The number of carbonyl (C=O) groups excluding carboxylic acids is 1. The molecule has 1 fully saturated rings. The molecule has 166 valence electrons. The summed E-state index contributed by atoms with van der Waals surface area (Å²) < 4.78 is 17.6. The Morgan fingerprint density at radius 3 is 2.97 bits per heavy atom. The Hall–Kier alpha value is -3.39. The smallest absolute Gasteiger partial charge is 0.185 e. The van der Waals surface area contributed by atoms with Crippen molar-refractivity contribution >= 4 is 34.3 Å². The minimum Gasteiger partial charge on any atom is -0.303 e. The van der Waals surface area contributed by atoms with Crippen LogP contribution in [0.2, 0.25) is 5.02 Å². The van der Waals surface area contributed by atoms with Crippen LogP contribution >= 0.6 is 11.6 Å². The van der Waals surface area contributed by atoms with Crippen LogP contribution in [0.25, 0.3) is 5.52 Å². The zero-order valence-corrected chi connectivity index (χ0v) is 18.5. The molecule has 1 aliphatic heterocycles. The van der Waals surface area contributed by atoms with Crippen LogP contribution in [0.3, 0.4) is 0 Å². The first-order valence-corrected chi connectivity index (χ1v) is 11.3. The van der Waals surface area contributed by atoms with Crippen LogP contribution < -0.4 is 0 Å². The van der Waals surface area contributed by atoms with E-state index in [1.807, 2.05) is 0 Å². The molecule has 6 rings (SSSR count). The molecule has 4 aromatic rings. The predicted octanol–water partition coefficient (Wildman–Crippen LogP) is 4.74. The Balaban J connectivity index is 1.11. The fourth-order valence-electron chi connectivity index (χ4n) is 4.34. The molecule has 9 heteroatoms. The van der Waals surface area contributed by atoms with E-state index in [9.17, 15) is 9.18 Å². The maximum absolute atomic E-state index is 14.4. The number of aryl methyl sites for hydroxylation is 1. The van der Waals surface area contributed by atoms with Crippen LogP contribution in [-0.2, 0) is 19.4 Å². The molecular formula is C24H20ClFN6O. The summed E-state index contributed by atoms with van der Waals surface area (Å²) in [4.78, 5) is 21.7. The topological polar surface area (TPSA) is 77.4 Å². The highest BCUT2D eigenvalue weighted by Crippen LogP contribution is 2.42. The summed E-state index contributed by atoms with van der Waals surface area (Å²) in [6.45, 7) is 0.489. The lowest BCUT2D eigenvalue weighted by molar-refractivity contribution is 0.0977. The van der Waals surface area contributed by atoms with Crippen molar-refractivity contribution in [2.75, 3.05) is 0 Å². The van der Waals surface area contributed by atoms with Crippen molar-refractivity contribution in [1.82, 2.24) is 24.4 Å². The molecule has 0 spiro atoms. The van der Waals surface area contributed by atoms with E-state index in [-0.39, 0.29) is 29.3 Å². The average molecular weight is 463 g/mol. The highest BCUT2D eigenvalue weighted by atomic mass is 35.5. The van der Waals surface area contributed by atoms with E-state index in [0.29, 0.717) is 23.7 Å². The molecule has 1 saturated carbocycles. The maximum atomic E-state index is 14.4. The van der Waals surface area contributed by atoms with Gasteiger partial charge in [0.15, 0.2) is 11.6 Å². The fourth-order valence-corrected chi connectivity index (χ4v) is 4.49. The Labute approximate surface area is 193 Å². The fraction of sp³-hybridized carbons (Fsp3) is 0.292. The number of aliphatic imine (C=N–C) groups is 1. The van der Waals surface area contributed by atoms with Crippen molar-refractivity contribution in [3.8, 4) is 0 Å². The van der Waals surface area contributed by atoms with Gasteiger partial charge in [0, 0.05) is 24.8 Å². The molecule has 4 heterocycles. The molecule has 0 saturated heterocycles.